The topological polar surface area (TPSA) is 53.0 Å². The molecule has 3 aromatic rings. The maximum atomic E-state index is 13.5. The van der Waals surface area contributed by atoms with E-state index in [2.05, 4.69) is 4.99 Å². The summed E-state index contributed by atoms with van der Waals surface area (Å²) in [6, 6.07) is 22.7. The third-order valence-electron chi connectivity index (χ3n) is 5.83. The number of carbonyl (C=O) groups is 2. The van der Waals surface area contributed by atoms with Gasteiger partial charge >= 0.3 is 0 Å². The van der Waals surface area contributed by atoms with Crippen molar-refractivity contribution in [2.75, 3.05) is 10.7 Å². The fourth-order valence-electron chi connectivity index (χ4n) is 3.82. The van der Waals surface area contributed by atoms with E-state index in [9.17, 15) is 9.59 Å². The molecule has 5 nitrogen and oxygen atoms in total. The molecule has 1 aliphatic heterocycles. The number of benzene rings is 3. The number of thioether (sulfide) groups is 1. The molecule has 0 bridgehead atoms. The van der Waals surface area contributed by atoms with E-state index in [0.717, 1.165) is 11.1 Å². The molecule has 190 valence electrons. The van der Waals surface area contributed by atoms with Crippen LogP contribution in [0.1, 0.15) is 30.5 Å². The molecule has 3 aromatic carbocycles. The average molecular weight is 553 g/mol. The molecule has 2 amide bonds. The number of aliphatic imine (C=N–C) groups is 1. The molecule has 0 unspecified atom stereocenters. The van der Waals surface area contributed by atoms with Crippen LogP contribution in [0.3, 0.4) is 0 Å². The van der Waals surface area contributed by atoms with E-state index < -0.39 is 0 Å². The maximum absolute atomic E-state index is 13.5. The van der Waals surface area contributed by atoms with Crippen molar-refractivity contribution in [2.24, 2.45) is 4.99 Å². The number of amides is 2. The van der Waals surface area contributed by atoms with Crippen LogP contribution in [0, 0.1) is 6.92 Å². The van der Waals surface area contributed by atoms with Gasteiger partial charge in [-0.05, 0) is 62.2 Å². The predicted octanol–water partition coefficient (Wildman–Crippen LogP) is 7.22. The van der Waals surface area contributed by atoms with Crippen LogP contribution in [0.5, 0.6) is 0 Å². The first kappa shape index (κ1) is 27.0. The minimum absolute atomic E-state index is 0.0234. The Labute approximate surface area is 231 Å². The van der Waals surface area contributed by atoms with Gasteiger partial charge in [0, 0.05) is 12.6 Å². The van der Waals surface area contributed by atoms with E-state index in [4.69, 9.17) is 23.2 Å². The van der Waals surface area contributed by atoms with Crippen LogP contribution in [0.2, 0.25) is 10.0 Å². The highest BCUT2D eigenvalue weighted by Crippen LogP contribution is 2.31. The predicted molar refractivity (Wildman–Crippen MR) is 155 cm³/mol. The fraction of sp³-hybridized carbons (Fsp3) is 0.207. The van der Waals surface area contributed by atoms with Crippen LogP contribution >= 0.6 is 35.0 Å². The van der Waals surface area contributed by atoms with Crippen LogP contribution in [0.25, 0.3) is 6.08 Å². The van der Waals surface area contributed by atoms with E-state index in [-0.39, 0.29) is 29.3 Å². The molecule has 4 rings (SSSR count). The first-order valence-electron chi connectivity index (χ1n) is 11.9. The summed E-state index contributed by atoms with van der Waals surface area (Å²) in [5, 5.41) is 1.29. The van der Waals surface area contributed by atoms with Crippen molar-refractivity contribution in [3.63, 3.8) is 0 Å². The molecule has 8 heteroatoms. The minimum Gasteiger partial charge on any atom is -0.335 e. The van der Waals surface area contributed by atoms with Gasteiger partial charge in [0.1, 0.15) is 5.70 Å². The number of hydrogen-bond donors (Lipinski definition) is 0. The molecule has 1 aliphatic rings. The number of nitrogens with zero attached hydrogens (tertiary/aromatic N) is 3. The van der Waals surface area contributed by atoms with Crippen LogP contribution in [0.4, 0.5) is 5.69 Å². The molecule has 1 heterocycles. The molecule has 37 heavy (non-hydrogen) atoms. The summed E-state index contributed by atoms with van der Waals surface area (Å²) in [6.07, 6.45) is 1.68. The summed E-state index contributed by atoms with van der Waals surface area (Å²) >= 11 is 13.5. The summed E-state index contributed by atoms with van der Waals surface area (Å²) in [4.78, 5) is 34.7. The highest BCUT2D eigenvalue weighted by Gasteiger charge is 2.33. The molecule has 0 aromatic heterocycles. The Morgan fingerprint density at radius 3 is 2.38 bits per heavy atom. The Balaban J connectivity index is 1.59. The zero-order valence-corrected chi connectivity index (χ0v) is 23.1. The molecule has 0 saturated heterocycles. The largest absolute Gasteiger partial charge is 0.335 e. The van der Waals surface area contributed by atoms with Gasteiger partial charge in [0.2, 0.25) is 5.91 Å². The molecule has 0 radical (unpaired) electrons. The Morgan fingerprint density at radius 2 is 1.73 bits per heavy atom. The van der Waals surface area contributed by atoms with Gasteiger partial charge in [-0.2, -0.15) is 0 Å². The van der Waals surface area contributed by atoms with Crippen LogP contribution < -0.4 is 4.90 Å². The van der Waals surface area contributed by atoms with Crippen molar-refractivity contribution >= 4 is 63.7 Å². The summed E-state index contributed by atoms with van der Waals surface area (Å²) in [6.45, 7) is 6.51. The highest BCUT2D eigenvalue weighted by molar-refractivity contribution is 8.14. The maximum Gasteiger partial charge on any atom is 0.283 e. The zero-order valence-electron chi connectivity index (χ0n) is 20.8. The Morgan fingerprint density at radius 1 is 1.03 bits per heavy atom. The Hall–Kier alpha value is -3.06. The number of carbonyl (C=O) groups excluding carboxylic acids is 2. The summed E-state index contributed by atoms with van der Waals surface area (Å²) < 4.78 is 0. The van der Waals surface area contributed by atoms with E-state index >= 15 is 0 Å². The Kier molecular flexibility index (Phi) is 8.75. The summed E-state index contributed by atoms with van der Waals surface area (Å²) in [5.41, 5.74) is 3.81. The van der Waals surface area contributed by atoms with Gasteiger partial charge < -0.3 is 4.90 Å². The number of rotatable bonds is 7. The third kappa shape index (κ3) is 6.63. The van der Waals surface area contributed by atoms with Gasteiger partial charge in [0.15, 0.2) is 5.17 Å². The molecule has 0 saturated carbocycles. The second-order valence-electron chi connectivity index (χ2n) is 8.96. The molecular formula is C29H27Cl2N3O2S. The van der Waals surface area contributed by atoms with Crippen molar-refractivity contribution in [3.05, 3.63) is 105 Å². The lowest BCUT2D eigenvalue weighted by Crippen LogP contribution is -2.38. The molecule has 0 fully saturated rings. The van der Waals surface area contributed by atoms with Crippen LogP contribution in [-0.2, 0) is 16.1 Å². The van der Waals surface area contributed by atoms with Crippen molar-refractivity contribution in [1.82, 2.24) is 4.90 Å². The smallest absolute Gasteiger partial charge is 0.283 e. The fourth-order valence-corrected chi connectivity index (χ4v) is 5.03. The van der Waals surface area contributed by atoms with Gasteiger partial charge in [-0.1, -0.05) is 89.1 Å². The lowest BCUT2D eigenvalue weighted by Gasteiger charge is -2.27. The van der Waals surface area contributed by atoms with Crippen LogP contribution in [-0.4, -0.2) is 33.7 Å². The molecule has 0 N–H and O–H groups in total. The number of amidine groups is 1. The lowest BCUT2D eigenvalue weighted by atomic mass is 10.2. The molecular weight excluding hydrogens is 525 g/mol. The van der Waals surface area contributed by atoms with Crippen molar-refractivity contribution in [3.8, 4) is 0 Å². The second-order valence-corrected chi connectivity index (χ2v) is 10.7. The third-order valence-corrected chi connectivity index (χ3v) is 7.50. The first-order chi connectivity index (χ1) is 17.7. The lowest BCUT2D eigenvalue weighted by molar-refractivity contribution is -0.130. The van der Waals surface area contributed by atoms with Crippen molar-refractivity contribution in [1.29, 1.82) is 0 Å². The first-order valence-corrected chi connectivity index (χ1v) is 13.6. The van der Waals surface area contributed by atoms with Gasteiger partial charge in [-0.3, -0.25) is 14.5 Å². The van der Waals surface area contributed by atoms with Gasteiger partial charge in [0.05, 0.1) is 21.5 Å². The SMILES string of the molecule is Cc1ccc(N2C(=O)C(=Cc3ccc(Cl)c(Cl)c3)N=C2SCC(=O)N(Cc2ccccc2)C(C)C)cc1. The Bertz CT molecular complexity index is 1360. The number of aryl methyl sites for hydroxylation is 1. The highest BCUT2D eigenvalue weighted by atomic mass is 35.5. The molecule has 0 atom stereocenters. The van der Waals surface area contributed by atoms with Gasteiger partial charge in [0.25, 0.3) is 5.91 Å². The zero-order chi connectivity index (χ0) is 26.5. The van der Waals surface area contributed by atoms with E-state index in [1.165, 1.54) is 11.8 Å². The van der Waals surface area contributed by atoms with Gasteiger partial charge in [-0.25, -0.2) is 4.99 Å². The summed E-state index contributed by atoms with van der Waals surface area (Å²) in [7, 11) is 0. The standard InChI is InChI=1S/C29H27Cl2N3O2S/c1-19(2)33(17-21-7-5-4-6-8-21)27(35)18-37-29-32-26(16-22-11-14-24(30)25(31)15-22)28(36)34(29)23-12-9-20(3)10-13-23/h4-16,19H,17-18H2,1-3H3. The molecule has 0 spiro atoms. The quantitative estimate of drug-likeness (QED) is 0.291. The second kappa shape index (κ2) is 12.0. The number of hydrogen-bond acceptors (Lipinski definition) is 4. The average Bonchev–Trinajstić information content (AvgIpc) is 3.19. The normalized spacial score (nSPS) is 14.4. The molecule has 0 aliphatic carbocycles. The van der Waals surface area contributed by atoms with E-state index in [0.29, 0.717) is 33.0 Å². The minimum atomic E-state index is -0.269. The number of halogens is 2. The van der Waals surface area contributed by atoms with E-state index in [1.54, 1.807) is 29.2 Å². The number of anilines is 1. The van der Waals surface area contributed by atoms with Crippen molar-refractivity contribution in [2.45, 2.75) is 33.4 Å². The monoisotopic (exact) mass is 551 g/mol. The van der Waals surface area contributed by atoms with Crippen molar-refractivity contribution < 1.29 is 9.59 Å². The van der Waals surface area contributed by atoms with E-state index in [1.807, 2.05) is 80.3 Å². The summed E-state index contributed by atoms with van der Waals surface area (Å²) in [5.74, 6) is -0.140. The van der Waals surface area contributed by atoms with Gasteiger partial charge in [-0.15, -0.1) is 0 Å². The van der Waals surface area contributed by atoms with Crippen LogP contribution in [0.15, 0.2) is 83.5 Å².